The zero-order valence-electron chi connectivity index (χ0n) is 14.0. The lowest BCUT2D eigenvalue weighted by Gasteiger charge is -2.36. The Morgan fingerprint density at radius 1 is 1.08 bits per heavy atom. The van der Waals surface area contributed by atoms with Crippen LogP contribution < -0.4 is 10.2 Å². The minimum atomic E-state index is -0.421. The SMILES string of the molecule is O=C(NCC(=O)N1CCN(c2ccccc2Cl)CC1)c1cc(Cl)ccn1. The van der Waals surface area contributed by atoms with Crippen molar-refractivity contribution in [3.63, 3.8) is 0 Å². The summed E-state index contributed by atoms with van der Waals surface area (Å²) in [5.41, 5.74) is 1.16. The highest BCUT2D eigenvalue weighted by atomic mass is 35.5. The number of carbonyl (C=O) groups excluding carboxylic acids is 2. The summed E-state index contributed by atoms with van der Waals surface area (Å²) in [5, 5.41) is 3.71. The van der Waals surface area contributed by atoms with Crippen LogP contribution in [0.1, 0.15) is 10.5 Å². The number of carbonyl (C=O) groups is 2. The molecule has 0 bridgehead atoms. The van der Waals surface area contributed by atoms with Gasteiger partial charge in [-0.3, -0.25) is 14.6 Å². The number of pyridine rings is 1. The zero-order chi connectivity index (χ0) is 18.5. The van der Waals surface area contributed by atoms with Crippen molar-refractivity contribution < 1.29 is 9.59 Å². The van der Waals surface area contributed by atoms with Crippen molar-refractivity contribution in [2.24, 2.45) is 0 Å². The highest BCUT2D eigenvalue weighted by Crippen LogP contribution is 2.25. The van der Waals surface area contributed by atoms with E-state index >= 15 is 0 Å². The molecule has 26 heavy (non-hydrogen) atoms. The number of rotatable bonds is 4. The van der Waals surface area contributed by atoms with Gasteiger partial charge in [-0.1, -0.05) is 35.3 Å². The Kier molecular flexibility index (Phi) is 5.96. The topological polar surface area (TPSA) is 65.5 Å². The van der Waals surface area contributed by atoms with Gasteiger partial charge in [-0.25, -0.2) is 0 Å². The van der Waals surface area contributed by atoms with Gasteiger partial charge in [0.1, 0.15) is 5.69 Å². The molecule has 1 aromatic carbocycles. The van der Waals surface area contributed by atoms with Crippen LogP contribution in [0, 0.1) is 0 Å². The van der Waals surface area contributed by atoms with Crippen LogP contribution in [-0.2, 0) is 4.79 Å². The van der Waals surface area contributed by atoms with Crippen LogP contribution in [0.2, 0.25) is 10.0 Å². The van der Waals surface area contributed by atoms with E-state index in [4.69, 9.17) is 23.2 Å². The van der Waals surface area contributed by atoms with Crippen molar-refractivity contribution in [3.8, 4) is 0 Å². The van der Waals surface area contributed by atoms with Gasteiger partial charge in [-0.15, -0.1) is 0 Å². The maximum absolute atomic E-state index is 12.3. The number of hydrogen-bond donors (Lipinski definition) is 1. The Balaban J connectivity index is 1.49. The smallest absolute Gasteiger partial charge is 0.270 e. The van der Waals surface area contributed by atoms with Crippen molar-refractivity contribution in [2.75, 3.05) is 37.6 Å². The summed E-state index contributed by atoms with van der Waals surface area (Å²) in [6.07, 6.45) is 1.45. The molecule has 1 aromatic heterocycles. The highest BCUT2D eigenvalue weighted by Gasteiger charge is 2.22. The normalized spacial score (nSPS) is 14.2. The van der Waals surface area contributed by atoms with Gasteiger partial charge in [-0.2, -0.15) is 0 Å². The van der Waals surface area contributed by atoms with Crippen molar-refractivity contribution in [2.45, 2.75) is 0 Å². The lowest BCUT2D eigenvalue weighted by Crippen LogP contribution is -2.51. The summed E-state index contributed by atoms with van der Waals surface area (Å²) in [6.45, 7) is 2.47. The molecule has 2 aromatic rings. The van der Waals surface area contributed by atoms with E-state index in [0.29, 0.717) is 36.2 Å². The van der Waals surface area contributed by atoms with Gasteiger partial charge < -0.3 is 15.1 Å². The van der Waals surface area contributed by atoms with Gasteiger partial charge in [0.05, 0.1) is 17.3 Å². The number of benzene rings is 1. The number of piperazine rings is 1. The van der Waals surface area contributed by atoms with E-state index in [1.165, 1.54) is 12.3 Å². The Bertz CT molecular complexity index is 807. The first-order chi connectivity index (χ1) is 12.5. The molecule has 2 heterocycles. The van der Waals surface area contributed by atoms with E-state index in [9.17, 15) is 9.59 Å². The maximum Gasteiger partial charge on any atom is 0.270 e. The molecular weight excluding hydrogens is 375 g/mol. The highest BCUT2D eigenvalue weighted by molar-refractivity contribution is 6.33. The fraction of sp³-hybridized carbons (Fsp3) is 0.278. The second-order valence-corrected chi connectivity index (χ2v) is 6.70. The number of anilines is 1. The second-order valence-electron chi connectivity index (χ2n) is 5.86. The first kappa shape index (κ1) is 18.5. The van der Waals surface area contributed by atoms with Crippen LogP contribution in [0.25, 0.3) is 0 Å². The largest absolute Gasteiger partial charge is 0.367 e. The van der Waals surface area contributed by atoms with Crippen LogP contribution in [0.5, 0.6) is 0 Å². The molecule has 0 aliphatic carbocycles. The Morgan fingerprint density at radius 3 is 2.50 bits per heavy atom. The molecule has 0 atom stereocenters. The number of nitrogens with zero attached hydrogens (tertiary/aromatic N) is 3. The third-order valence-electron chi connectivity index (χ3n) is 4.18. The molecule has 6 nitrogen and oxygen atoms in total. The van der Waals surface area contributed by atoms with Crippen molar-refractivity contribution >= 4 is 40.7 Å². The number of halogens is 2. The number of nitrogens with one attached hydrogen (secondary N) is 1. The quantitative estimate of drug-likeness (QED) is 0.867. The van der Waals surface area contributed by atoms with E-state index in [1.807, 2.05) is 24.3 Å². The first-order valence-corrected chi connectivity index (χ1v) is 8.97. The van der Waals surface area contributed by atoms with Crippen LogP contribution in [0.3, 0.4) is 0 Å². The van der Waals surface area contributed by atoms with E-state index < -0.39 is 5.91 Å². The van der Waals surface area contributed by atoms with Gasteiger partial charge in [0.15, 0.2) is 0 Å². The Hall–Kier alpha value is -2.31. The third-order valence-corrected chi connectivity index (χ3v) is 4.74. The fourth-order valence-electron chi connectivity index (χ4n) is 2.79. The van der Waals surface area contributed by atoms with Gasteiger partial charge in [0.25, 0.3) is 5.91 Å². The molecule has 0 radical (unpaired) electrons. The predicted molar refractivity (Wildman–Crippen MR) is 102 cm³/mol. The van der Waals surface area contributed by atoms with Gasteiger partial charge in [-0.05, 0) is 24.3 Å². The monoisotopic (exact) mass is 392 g/mol. The summed E-state index contributed by atoms with van der Waals surface area (Å²) in [4.78, 5) is 32.2. The van der Waals surface area contributed by atoms with E-state index in [-0.39, 0.29) is 18.1 Å². The lowest BCUT2D eigenvalue weighted by molar-refractivity contribution is -0.130. The molecule has 3 rings (SSSR count). The van der Waals surface area contributed by atoms with Gasteiger partial charge in [0.2, 0.25) is 5.91 Å². The molecule has 1 saturated heterocycles. The van der Waals surface area contributed by atoms with Gasteiger partial charge >= 0.3 is 0 Å². The predicted octanol–water partition coefficient (Wildman–Crippen LogP) is 2.47. The molecular formula is C18H18Cl2N4O2. The molecule has 1 fully saturated rings. The number of para-hydroxylation sites is 1. The summed E-state index contributed by atoms with van der Waals surface area (Å²) < 4.78 is 0. The first-order valence-electron chi connectivity index (χ1n) is 8.21. The average molecular weight is 393 g/mol. The fourth-order valence-corrected chi connectivity index (χ4v) is 3.21. The molecule has 0 saturated carbocycles. The van der Waals surface area contributed by atoms with E-state index in [2.05, 4.69) is 15.2 Å². The molecule has 8 heteroatoms. The number of amides is 2. The van der Waals surface area contributed by atoms with Crippen molar-refractivity contribution in [1.29, 1.82) is 0 Å². The summed E-state index contributed by atoms with van der Waals surface area (Å²) >= 11 is 12.1. The van der Waals surface area contributed by atoms with Crippen LogP contribution >= 0.6 is 23.2 Å². The zero-order valence-corrected chi connectivity index (χ0v) is 15.5. The second kappa shape index (κ2) is 8.38. The van der Waals surface area contributed by atoms with Gasteiger partial charge in [0, 0.05) is 37.4 Å². The third kappa shape index (κ3) is 4.45. The standard InChI is InChI=1S/C18H18Cl2N4O2/c19-13-5-6-21-15(11-13)18(26)22-12-17(25)24-9-7-23(8-10-24)16-4-2-1-3-14(16)20/h1-6,11H,7-10,12H2,(H,22,26). The molecule has 0 unspecified atom stereocenters. The molecule has 1 aliphatic rings. The number of hydrogen-bond acceptors (Lipinski definition) is 4. The molecule has 0 spiro atoms. The molecule has 136 valence electrons. The van der Waals surface area contributed by atoms with Crippen molar-refractivity contribution in [3.05, 3.63) is 58.3 Å². The van der Waals surface area contributed by atoms with E-state index in [1.54, 1.807) is 11.0 Å². The molecule has 1 N–H and O–H groups in total. The van der Waals surface area contributed by atoms with Crippen LogP contribution in [-0.4, -0.2) is 54.4 Å². The molecule has 2 amide bonds. The minimum absolute atomic E-state index is 0.0703. The minimum Gasteiger partial charge on any atom is -0.367 e. The van der Waals surface area contributed by atoms with E-state index in [0.717, 1.165) is 5.69 Å². The lowest BCUT2D eigenvalue weighted by atomic mass is 10.2. The van der Waals surface area contributed by atoms with Crippen LogP contribution in [0.15, 0.2) is 42.6 Å². The molecule has 1 aliphatic heterocycles. The van der Waals surface area contributed by atoms with Crippen molar-refractivity contribution in [1.82, 2.24) is 15.2 Å². The Labute approximate surface area is 161 Å². The Morgan fingerprint density at radius 2 is 1.81 bits per heavy atom. The average Bonchev–Trinajstić information content (AvgIpc) is 2.66. The maximum atomic E-state index is 12.3. The summed E-state index contributed by atoms with van der Waals surface area (Å²) in [6, 6.07) is 10.7. The summed E-state index contributed by atoms with van der Waals surface area (Å²) in [7, 11) is 0. The number of aromatic nitrogens is 1. The summed E-state index contributed by atoms with van der Waals surface area (Å²) in [5.74, 6) is -0.547. The van der Waals surface area contributed by atoms with Crippen LogP contribution in [0.4, 0.5) is 5.69 Å².